The molecule has 0 saturated carbocycles. The zero-order chi connectivity index (χ0) is 32.7. The van der Waals surface area contributed by atoms with Gasteiger partial charge in [-0.2, -0.15) is 18.4 Å². The normalized spacial score (nSPS) is 13.8. The van der Waals surface area contributed by atoms with Gasteiger partial charge in [-0.25, -0.2) is 9.78 Å². The molecule has 236 valence electrons. The number of pyridine rings is 1. The van der Waals surface area contributed by atoms with Crippen LogP contribution in [0.4, 0.5) is 13.2 Å². The van der Waals surface area contributed by atoms with E-state index in [1.54, 1.807) is 24.3 Å². The molecule has 0 aliphatic carbocycles. The van der Waals surface area contributed by atoms with Crippen molar-refractivity contribution < 1.29 is 27.8 Å². The van der Waals surface area contributed by atoms with E-state index < -0.39 is 23.3 Å². The van der Waals surface area contributed by atoms with Crippen LogP contribution in [0.25, 0.3) is 32.2 Å². The SMILES string of the molecule is Cc1nc2cc(C(F)(F)F)c(CN3CCCC3)c(C#N)c2c(=O)n1CCOc1ccc(Cl)cc1-c1ccnc2c(C(=O)O)csc12. The Morgan fingerprint density at radius 3 is 2.65 bits per heavy atom. The van der Waals surface area contributed by atoms with Crippen molar-refractivity contribution in [1.82, 2.24) is 19.4 Å². The summed E-state index contributed by atoms with van der Waals surface area (Å²) in [6, 6.07) is 9.44. The molecule has 5 aromatic rings. The highest BCUT2D eigenvalue weighted by Gasteiger charge is 2.37. The maximum absolute atomic E-state index is 14.2. The van der Waals surface area contributed by atoms with Gasteiger partial charge in [0.05, 0.1) is 44.4 Å². The molecule has 0 amide bonds. The molecular weight excluding hydrogens is 643 g/mol. The van der Waals surface area contributed by atoms with Crippen LogP contribution < -0.4 is 10.3 Å². The zero-order valence-electron chi connectivity index (χ0n) is 24.3. The fraction of sp³-hybridized carbons (Fsp3) is 0.281. The molecule has 3 aromatic heterocycles. The van der Waals surface area contributed by atoms with Gasteiger partial charge < -0.3 is 9.84 Å². The van der Waals surface area contributed by atoms with E-state index in [1.165, 1.54) is 34.4 Å². The van der Waals surface area contributed by atoms with Crippen LogP contribution in [-0.2, 0) is 19.3 Å². The number of carboxylic acids is 1. The molecule has 0 radical (unpaired) electrons. The third-order valence-electron chi connectivity index (χ3n) is 8.03. The van der Waals surface area contributed by atoms with E-state index in [2.05, 4.69) is 9.97 Å². The standard InChI is InChI=1S/C32H25ClF3N5O4S/c1-17-39-25-13-24(32(34,35)36)22(15-40-8-2-3-9-40)21(14-37)27(25)30(42)41(17)10-11-45-26-5-4-18(33)12-20(26)19-6-7-38-28-23(31(43)44)16-46-29(19)28/h4-7,12-13,16H,2-3,8-11,15H2,1H3,(H,43,44). The number of thiophene rings is 1. The number of carbonyl (C=O) groups is 1. The third-order valence-corrected chi connectivity index (χ3v) is 9.27. The molecule has 1 saturated heterocycles. The summed E-state index contributed by atoms with van der Waals surface area (Å²) in [5.74, 6) is -0.528. The van der Waals surface area contributed by atoms with Crippen molar-refractivity contribution in [3.63, 3.8) is 0 Å². The number of rotatable bonds is 8. The van der Waals surface area contributed by atoms with E-state index in [1.807, 2.05) is 11.0 Å². The van der Waals surface area contributed by atoms with Gasteiger partial charge in [-0.1, -0.05) is 11.6 Å². The lowest BCUT2D eigenvalue weighted by atomic mass is 9.96. The number of carboxylic acid groups (broad SMARTS) is 1. The van der Waals surface area contributed by atoms with E-state index in [-0.39, 0.29) is 53.1 Å². The molecule has 2 aromatic carbocycles. The van der Waals surface area contributed by atoms with Crippen LogP contribution in [0.15, 0.2) is 46.7 Å². The van der Waals surface area contributed by atoms with E-state index in [0.717, 1.165) is 18.9 Å². The summed E-state index contributed by atoms with van der Waals surface area (Å²) in [5.41, 5.74) is -0.672. The molecule has 1 fully saturated rings. The van der Waals surface area contributed by atoms with Gasteiger partial charge in [-0.05, 0) is 68.8 Å². The summed E-state index contributed by atoms with van der Waals surface area (Å²) in [6.45, 7) is 2.58. The maximum atomic E-state index is 14.2. The number of hydrogen-bond acceptors (Lipinski definition) is 8. The second-order valence-electron chi connectivity index (χ2n) is 10.9. The van der Waals surface area contributed by atoms with Gasteiger partial charge in [0.2, 0.25) is 0 Å². The highest BCUT2D eigenvalue weighted by molar-refractivity contribution is 7.18. The second-order valence-corrected chi connectivity index (χ2v) is 12.2. The highest BCUT2D eigenvalue weighted by Crippen LogP contribution is 2.40. The lowest BCUT2D eigenvalue weighted by Gasteiger charge is -2.21. The quantitative estimate of drug-likeness (QED) is 0.190. The van der Waals surface area contributed by atoms with Crippen LogP contribution >= 0.6 is 22.9 Å². The molecule has 0 spiro atoms. The summed E-state index contributed by atoms with van der Waals surface area (Å²) in [5, 5.41) is 21.4. The van der Waals surface area contributed by atoms with Crippen LogP contribution in [0.3, 0.4) is 0 Å². The summed E-state index contributed by atoms with van der Waals surface area (Å²) in [7, 11) is 0. The highest BCUT2D eigenvalue weighted by atomic mass is 35.5. The summed E-state index contributed by atoms with van der Waals surface area (Å²) in [4.78, 5) is 35.9. The van der Waals surface area contributed by atoms with Crippen LogP contribution in [0.5, 0.6) is 5.75 Å². The Morgan fingerprint density at radius 2 is 1.96 bits per heavy atom. The Kier molecular flexibility index (Phi) is 8.45. The van der Waals surface area contributed by atoms with Crippen molar-refractivity contribution in [2.45, 2.75) is 39.0 Å². The average molecular weight is 668 g/mol. The van der Waals surface area contributed by atoms with E-state index in [9.17, 15) is 33.1 Å². The van der Waals surface area contributed by atoms with Crippen molar-refractivity contribution in [2.75, 3.05) is 19.7 Å². The predicted octanol–water partition coefficient (Wildman–Crippen LogP) is 6.90. The van der Waals surface area contributed by atoms with Gasteiger partial charge in [-0.15, -0.1) is 11.3 Å². The molecule has 1 aliphatic heterocycles. The summed E-state index contributed by atoms with van der Waals surface area (Å²) >= 11 is 7.54. The lowest BCUT2D eigenvalue weighted by molar-refractivity contribution is -0.138. The fourth-order valence-electron chi connectivity index (χ4n) is 5.88. The number of halogens is 4. The van der Waals surface area contributed by atoms with E-state index in [0.29, 0.717) is 45.2 Å². The first kappa shape index (κ1) is 31.5. The van der Waals surface area contributed by atoms with Gasteiger partial charge in [0.25, 0.3) is 5.56 Å². The Balaban J connectivity index is 1.36. The molecule has 9 nitrogen and oxygen atoms in total. The van der Waals surface area contributed by atoms with E-state index in [4.69, 9.17) is 16.3 Å². The van der Waals surface area contributed by atoms with Crippen molar-refractivity contribution in [3.8, 4) is 22.9 Å². The topological polar surface area (TPSA) is 121 Å². The molecule has 6 rings (SSSR count). The number of ether oxygens (including phenoxy) is 1. The molecule has 0 bridgehead atoms. The third kappa shape index (κ3) is 5.79. The Bertz CT molecular complexity index is 2120. The van der Waals surface area contributed by atoms with Gasteiger partial charge in [0.1, 0.15) is 24.3 Å². The molecule has 1 aliphatic rings. The van der Waals surface area contributed by atoms with E-state index >= 15 is 0 Å². The fourth-order valence-corrected chi connectivity index (χ4v) is 7.08. The molecule has 14 heteroatoms. The number of fused-ring (bicyclic) bond motifs is 2. The number of nitriles is 1. The Labute approximate surface area is 269 Å². The predicted molar refractivity (Wildman–Crippen MR) is 167 cm³/mol. The molecule has 4 heterocycles. The summed E-state index contributed by atoms with van der Waals surface area (Å²) in [6.07, 6.45) is -1.53. The molecule has 46 heavy (non-hydrogen) atoms. The molecular formula is C32H25ClF3N5O4S. The van der Waals surface area contributed by atoms with Gasteiger partial charge >= 0.3 is 12.1 Å². The Morgan fingerprint density at radius 1 is 1.20 bits per heavy atom. The number of likely N-dealkylation sites (tertiary alicyclic amines) is 1. The van der Waals surface area contributed by atoms with Crippen LogP contribution in [0.1, 0.15) is 45.7 Å². The molecule has 0 atom stereocenters. The van der Waals surface area contributed by atoms with Crippen molar-refractivity contribution >= 4 is 50.0 Å². The van der Waals surface area contributed by atoms with Gasteiger partial charge in [-0.3, -0.25) is 19.2 Å². The van der Waals surface area contributed by atoms with Crippen LogP contribution in [0, 0.1) is 18.3 Å². The summed E-state index contributed by atoms with van der Waals surface area (Å²) < 4.78 is 50.6. The monoisotopic (exact) mass is 667 g/mol. The second kappa shape index (κ2) is 12.4. The lowest BCUT2D eigenvalue weighted by Crippen LogP contribution is -2.29. The number of nitrogens with zero attached hydrogens (tertiary/aromatic N) is 5. The van der Waals surface area contributed by atoms with Crippen LogP contribution in [-0.4, -0.2) is 50.2 Å². The minimum atomic E-state index is -4.73. The molecule has 0 unspecified atom stereocenters. The first-order valence-electron chi connectivity index (χ1n) is 14.3. The number of aromatic nitrogens is 3. The molecule has 1 N–H and O–H groups in total. The maximum Gasteiger partial charge on any atom is 0.416 e. The largest absolute Gasteiger partial charge is 0.491 e. The minimum Gasteiger partial charge on any atom is -0.491 e. The van der Waals surface area contributed by atoms with Gasteiger partial charge in [0, 0.05) is 34.3 Å². The zero-order valence-corrected chi connectivity index (χ0v) is 25.9. The Hall–Kier alpha value is -4.51. The number of aryl methyl sites for hydroxylation is 1. The van der Waals surface area contributed by atoms with Crippen LogP contribution in [0.2, 0.25) is 5.02 Å². The average Bonchev–Trinajstić information content (AvgIpc) is 3.69. The minimum absolute atomic E-state index is 0.0169. The van der Waals surface area contributed by atoms with Crippen molar-refractivity contribution in [2.24, 2.45) is 0 Å². The smallest absolute Gasteiger partial charge is 0.416 e. The number of benzene rings is 2. The number of alkyl halides is 3. The number of aromatic carboxylic acids is 1. The van der Waals surface area contributed by atoms with Crippen molar-refractivity contribution in [1.29, 1.82) is 5.26 Å². The van der Waals surface area contributed by atoms with Gasteiger partial charge in [0.15, 0.2) is 0 Å². The first-order valence-corrected chi connectivity index (χ1v) is 15.5. The van der Waals surface area contributed by atoms with Crippen molar-refractivity contribution in [3.05, 3.63) is 85.4 Å². The first-order chi connectivity index (χ1) is 22.0. The number of hydrogen-bond donors (Lipinski definition) is 1.